The van der Waals surface area contributed by atoms with E-state index in [2.05, 4.69) is 14.8 Å². The lowest BCUT2D eigenvalue weighted by atomic mass is 10.2. The molecule has 1 rings (SSSR count). The second kappa shape index (κ2) is 8.00. The predicted molar refractivity (Wildman–Crippen MR) is 75.0 cm³/mol. The van der Waals surface area contributed by atoms with Crippen LogP contribution in [0.4, 0.5) is 4.79 Å². The van der Waals surface area contributed by atoms with Crippen molar-refractivity contribution in [3.05, 3.63) is 38.2 Å². The van der Waals surface area contributed by atoms with Gasteiger partial charge in [0.2, 0.25) is 0 Å². The van der Waals surface area contributed by atoms with Crippen molar-refractivity contribution in [2.75, 3.05) is 13.2 Å². The maximum atomic E-state index is 11.8. The summed E-state index contributed by atoms with van der Waals surface area (Å²) in [7, 11) is 0. The fourth-order valence-electron chi connectivity index (χ4n) is 1.39. The number of rotatable bonds is 6. The molecule has 0 aliphatic heterocycles. The minimum atomic E-state index is -1.12. The Bertz CT molecular complexity index is 552. The van der Waals surface area contributed by atoms with E-state index in [0.717, 1.165) is 11.3 Å². The highest BCUT2D eigenvalue weighted by Crippen LogP contribution is 2.22. The lowest BCUT2D eigenvalue weighted by molar-refractivity contribution is -0.420. The zero-order valence-corrected chi connectivity index (χ0v) is 12.3. The lowest BCUT2D eigenvalue weighted by Crippen LogP contribution is -2.28. The van der Waals surface area contributed by atoms with Crippen LogP contribution in [-0.2, 0) is 14.3 Å². The molecule has 0 unspecified atom stereocenters. The number of esters is 1. The fourth-order valence-corrected chi connectivity index (χ4v) is 2.12. The van der Waals surface area contributed by atoms with Crippen LogP contribution in [0.15, 0.2) is 23.2 Å². The molecule has 0 fully saturated rings. The third kappa shape index (κ3) is 4.56. The van der Waals surface area contributed by atoms with E-state index in [1.165, 1.54) is 13.0 Å². The Balaban J connectivity index is 3.29. The van der Waals surface area contributed by atoms with E-state index < -0.39 is 22.7 Å². The van der Waals surface area contributed by atoms with Gasteiger partial charge in [0.15, 0.2) is 0 Å². The van der Waals surface area contributed by atoms with Crippen LogP contribution in [0, 0.1) is 10.1 Å². The van der Waals surface area contributed by atoms with E-state index in [1.54, 1.807) is 18.4 Å². The zero-order chi connectivity index (χ0) is 15.8. The summed E-state index contributed by atoms with van der Waals surface area (Å²) >= 11 is 1.13. The minimum absolute atomic E-state index is 0.0205. The topological polar surface area (TPSA) is 108 Å². The van der Waals surface area contributed by atoms with E-state index in [1.807, 2.05) is 0 Å². The summed E-state index contributed by atoms with van der Waals surface area (Å²) in [6, 6.07) is 3.17. The average molecular weight is 314 g/mol. The molecular formula is C12H14N2O6S. The van der Waals surface area contributed by atoms with Crippen LogP contribution in [-0.4, -0.2) is 30.2 Å². The number of hydrogen-bond donors (Lipinski definition) is 1. The second-order valence-corrected chi connectivity index (χ2v) is 4.47. The molecule has 1 heterocycles. The summed E-state index contributed by atoms with van der Waals surface area (Å²) in [6.07, 6.45) is -0.885. The molecule has 0 saturated carbocycles. The standard InChI is InChI=1S/C12H14N2O6S/c1-3-19-11(15)10(14(17)18)9(8-6-5-7-21-8)13-12(16)20-4-2/h5-7H,3-4H2,1-2H3,(H,13,16)/b10-9-. The summed E-state index contributed by atoms with van der Waals surface area (Å²) < 4.78 is 9.35. The molecule has 0 aromatic carbocycles. The summed E-state index contributed by atoms with van der Waals surface area (Å²) in [5.74, 6) is -1.12. The number of nitrogens with one attached hydrogen (secondary N) is 1. The average Bonchev–Trinajstić information content (AvgIpc) is 2.91. The van der Waals surface area contributed by atoms with Crippen LogP contribution in [0.2, 0.25) is 0 Å². The lowest BCUT2D eigenvalue weighted by Gasteiger charge is -2.09. The Morgan fingerprint density at radius 1 is 1.33 bits per heavy atom. The van der Waals surface area contributed by atoms with Crippen molar-refractivity contribution < 1.29 is 24.0 Å². The molecule has 0 aliphatic rings. The minimum Gasteiger partial charge on any atom is -0.458 e. The monoisotopic (exact) mass is 314 g/mol. The molecule has 0 saturated heterocycles. The van der Waals surface area contributed by atoms with Gasteiger partial charge in [0, 0.05) is 0 Å². The molecule has 21 heavy (non-hydrogen) atoms. The first kappa shape index (κ1) is 16.6. The Morgan fingerprint density at radius 2 is 2.00 bits per heavy atom. The van der Waals surface area contributed by atoms with Gasteiger partial charge in [0.05, 0.1) is 23.0 Å². The fraction of sp³-hybridized carbons (Fsp3) is 0.333. The highest BCUT2D eigenvalue weighted by Gasteiger charge is 2.32. The number of alkyl carbamates (subject to hydrolysis) is 1. The largest absolute Gasteiger partial charge is 0.458 e. The first-order valence-corrected chi connectivity index (χ1v) is 6.92. The van der Waals surface area contributed by atoms with E-state index >= 15 is 0 Å². The van der Waals surface area contributed by atoms with Crippen LogP contribution in [0.3, 0.4) is 0 Å². The third-order valence-corrected chi connectivity index (χ3v) is 3.05. The molecule has 114 valence electrons. The molecule has 1 aromatic heterocycles. The first-order chi connectivity index (χ1) is 10.0. The molecule has 1 amide bonds. The Morgan fingerprint density at radius 3 is 2.48 bits per heavy atom. The molecular weight excluding hydrogens is 300 g/mol. The number of carbonyl (C=O) groups excluding carboxylic acids is 2. The van der Waals surface area contributed by atoms with E-state index in [-0.39, 0.29) is 18.9 Å². The van der Waals surface area contributed by atoms with Crippen molar-refractivity contribution in [2.24, 2.45) is 0 Å². The van der Waals surface area contributed by atoms with Gasteiger partial charge in [0.25, 0.3) is 0 Å². The number of hydrogen-bond acceptors (Lipinski definition) is 7. The molecule has 1 N–H and O–H groups in total. The van der Waals surface area contributed by atoms with E-state index in [9.17, 15) is 19.7 Å². The molecule has 1 aromatic rings. The first-order valence-electron chi connectivity index (χ1n) is 6.04. The summed E-state index contributed by atoms with van der Waals surface area (Å²) in [5.41, 5.74) is -1.08. The van der Waals surface area contributed by atoms with E-state index in [4.69, 9.17) is 0 Å². The van der Waals surface area contributed by atoms with Gasteiger partial charge in [0.1, 0.15) is 5.70 Å². The van der Waals surface area contributed by atoms with Gasteiger partial charge in [-0.15, -0.1) is 11.3 Å². The molecule has 0 atom stereocenters. The number of nitro groups is 1. The van der Waals surface area contributed by atoms with Gasteiger partial charge in [-0.05, 0) is 25.3 Å². The van der Waals surface area contributed by atoms with Gasteiger partial charge < -0.3 is 9.47 Å². The molecule has 0 aliphatic carbocycles. The van der Waals surface area contributed by atoms with Crippen molar-refractivity contribution in [2.45, 2.75) is 13.8 Å². The Kier molecular flexibility index (Phi) is 6.34. The number of nitrogens with zero attached hydrogens (tertiary/aromatic N) is 1. The van der Waals surface area contributed by atoms with Crippen LogP contribution in [0.1, 0.15) is 18.7 Å². The van der Waals surface area contributed by atoms with Crippen LogP contribution in [0.25, 0.3) is 5.70 Å². The maximum absolute atomic E-state index is 11.8. The van der Waals surface area contributed by atoms with Crippen molar-refractivity contribution in [3.8, 4) is 0 Å². The smallest absolute Gasteiger partial charge is 0.412 e. The SMILES string of the molecule is CCOC(=O)N/C(=C(/C(=O)OCC)[N+](=O)[O-])c1cccs1. The highest BCUT2D eigenvalue weighted by molar-refractivity contribution is 7.11. The Labute approximate surface area is 124 Å². The van der Waals surface area contributed by atoms with Gasteiger partial charge in [-0.25, -0.2) is 9.59 Å². The molecule has 0 spiro atoms. The van der Waals surface area contributed by atoms with Gasteiger partial charge in [-0.1, -0.05) is 6.07 Å². The maximum Gasteiger partial charge on any atom is 0.412 e. The van der Waals surface area contributed by atoms with Crippen molar-refractivity contribution in [1.82, 2.24) is 5.32 Å². The third-order valence-electron chi connectivity index (χ3n) is 2.16. The summed E-state index contributed by atoms with van der Waals surface area (Å²) in [5, 5.41) is 15.0. The van der Waals surface area contributed by atoms with Crippen LogP contribution >= 0.6 is 11.3 Å². The number of ether oxygens (including phenoxy) is 2. The number of thiophene rings is 1. The highest BCUT2D eigenvalue weighted by atomic mass is 32.1. The molecule has 0 radical (unpaired) electrons. The van der Waals surface area contributed by atoms with Gasteiger partial charge in [-0.3, -0.25) is 15.4 Å². The van der Waals surface area contributed by atoms with Crippen molar-refractivity contribution >= 4 is 29.1 Å². The normalized spacial score (nSPS) is 11.3. The van der Waals surface area contributed by atoms with Crippen molar-refractivity contribution in [3.63, 3.8) is 0 Å². The van der Waals surface area contributed by atoms with Crippen molar-refractivity contribution in [1.29, 1.82) is 0 Å². The summed E-state index contributed by atoms with van der Waals surface area (Å²) in [4.78, 5) is 33.9. The molecule has 0 bridgehead atoms. The van der Waals surface area contributed by atoms with E-state index in [0.29, 0.717) is 4.88 Å². The predicted octanol–water partition coefficient (Wildman–Crippen LogP) is 2.00. The van der Waals surface area contributed by atoms with Crippen LogP contribution in [0.5, 0.6) is 0 Å². The zero-order valence-electron chi connectivity index (χ0n) is 11.5. The Hall–Kier alpha value is -2.42. The second-order valence-electron chi connectivity index (χ2n) is 3.52. The quantitative estimate of drug-likeness (QED) is 0.372. The number of amides is 1. The van der Waals surface area contributed by atoms with Crippen LogP contribution < -0.4 is 5.32 Å². The van der Waals surface area contributed by atoms with Gasteiger partial charge in [-0.2, -0.15) is 0 Å². The molecule has 9 heteroatoms. The number of carbonyl (C=O) groups is 2. The van der Waals surface area contributed by atoms with Gasteiger partial charge >= 0.3 is 17.8 Å². The molecule has 8 nitrogen and oxygen atoms in total. The summed E-state index contributed by atoms with van der Waals surface area (Å²) in [6.45, 7) is 3.19.